The van der Waals surface area contributed by atoms with E-state index >= 15 is 0 Å². The molecule has 0 radical (unpaired) electrons. The Morgan fingerprint density at radius 3 is 2.41 bits per heavy atom. The first-order valence-corrected chi connectivity index (χ1v) is 12.0. The van der Waals surface area contributed by atoms with E-state index in [1.54, 1.807) is 0 Å². The molecule has 3 heteroatoms. The lowest BCUT2D eigenvalue weighted by Gasteiger charge is -2.26. The van der Waals surface area contributed by atoms with Gasteiger partial charge in [-0.05, 0) is 85.1 Å². The number of piperidine rings is 1. The molecule has 0 aromatic heterocycles. The quantitative estimate of drug-likeness (QED) is 0.538. The number of hydrogen-bond donors (Lipinski definition) is 1. The topological polar surface area (TPSA) is 32.3 Å². The van der Waals surface area contributed by atoms with Crippen molar-refractivity contribution in [1.82, 2.24) is 4.90 Å². The smallest absolute Gasteiger partial charge is 0.227 e. The second kappa shape index (κ2) is 9.70. The molecule has 1 unspecified atom stereocenters. The van der Waals surface area contributed by atoms with Gasteiger partial charge in [0.25, 0.3) is 0 Å². The number of hydrogen-bond acceptors (Lipinski definition) is 2. The summed E-state index contributed by atoms with van der Waals surface area (Å²) in [5.74, 6) is 0.172. The average molecular weight is 425 g/mol. The van der Waals surface area contributed by atoms with E-state index in [2.05, 4.69) is 76.9 Å². The van der Waals surface area contributed by atoms with Gasteiger partial charge in [-0.15, -0.1) is 0 Å². The molecule has 1 aliphatic heterocycles. The van der Waals surface area contributed by atoms with Crippen LogP contribution >= 0.6 is 0 Å². The van der Waals surface area contributed by atoms with E-state index in [1.165, 1.54) is 60.2 Å². The fraction of sp³-hybridized carbons (Fsp3) is 0.345. The van der Waals surface area contributed by atoms with Crippen LogP contribution in [-0.4, -0.2) is 23.9 Å². The summed E-state index contributed by atoms with van der Waals surface area (Å²) in [6, 6.07) is 25.6. The molecular weight excluding hydrogens is 392 g/mol. The first-order valence-electron chi connectivity index (χ1n) is 12.0. The number of likely N-dealkylation sites (tertiary alicyclic amines) is 1. The Hall–Kier alpha value is -2.91. The molecule has 164 valence electrons. The SMILES string of the molecule is O=C(Nc1ccc(CN2CCCCC2)cc1)C1CCc2ccc(-c3ccccc3)cc2C1. The average Bonchev–Trinajstić information content (AvgIpc) is 2.86. The number of carbonyl (C=O) groups is 1. The van der Waals surface area contributed by atoms with Gasteiger partial charge in [-0.2, -0.15) is 0 Å². The van der Waals surface area contributed by atoms with E-state index in [4.69, 9.17) is 0 Å². The van der Waals surface area contributed by atoms with Gasteiger partial charge in [-0.25, -0.2) is 0 Å². The molecule has 1 fully saturated rings. The lowest BCUT2D eigenvalue weighted by molar-refractivity contribution is -0.120. The van der Waals surface area contributed by atoms with E-state index in [9.17, 15) is 4.79 Å². The normalized spacial score (nSPS) is 18.7. The Balaban J connectivity index is 1.21. The number of anilines is 1. The Kier molecular flexibility index (Phi) is 6.36. The third-order valence-corrected chi connectivity index (χ3v) is 6.99. The maximum Gasteiger partial charge on any atom is 0.227 e. The largest absolute Gasteiger partial charge is 0.326 e. The van der Waals surface area contributed by atoms with Crippen molar-refractivity contribution in [1.29, 1.82) is 0 Å². The zero-order chi connectivity index (χ0) is 21.8. The van der Waals surface area contributed by atoms with Crippen LogP contribution in [0.4, 0.5) is 5.69 Å². The molecule has 0 spiro atoms. The molecule has 3 aromatic carbocycles. The summed E-state index contributed by atoms with van der Waals surface area (Å²) in [6.45, 7) is 3.42. The van der Waals surface area contributed by atoms with Gasteiger partial charge in [0.15, 0.2) is 0 Å². The highest BCUT2D eigenvalue weighted by molar-refractivity contribution is 5.93. The second-order valence-corrected chi connectivity index (χ2v) is 9.31. The molecule has 3 aromatic rings. The highest BCUT2D eigenvalue weighted by Gasteiger charge is 2.25. The van der Waals surface area contributed by atoms with Crippen molar-refractivity contribution in [2.24, 2.45) is 5.92 Å². The Bertz CT molecular complexity index is 1050. The molecule has 1 aliphatic carbocycles. The van der Waals surface area contributed by atoms with Crippen LogP contribution in [0.1, 0.15) is 42.4 Å². The number of carbonyl (C=O) groups excluding carboxylic acids is 1. The van der Waals surface area contributed by atoms with E-state index in [-0.39, 0.29) is 11.8 Å². The zero-order valence-corrected chi connectivity index (χ0v) is 18.7. The number of nitrogens with zero attached hydrogens (tertiary/aromatic N) is 1. The van der Waals surface area contributed by atoms with Crippen molar-refractivity contribution in [3.05, 3.63) is 89.5 Å². The number of aryl methyl sites for hydroxylation is 1. The fourth-order valence-electron chi connectivity index (χ4n) is 5.10. The van der Waals surface area contributed by atoms with E-state index < -0.39 is 0 Å². The van der Waals surface area contributed by atoms with Crippen molar-refractivity contribution >= 4 is 11.6 Å². The third-order valence-electron chi connectivity index (χ3n) is 6.99. The van der Waals surface area contributed by atoms with Gasteiger partial charge in [0.2, 0.25) is 5.91 Å². The zero-order valence-electron chi connectivity index (χ0n) is 18.7. The van der Waals surface area contributed by atoms with E-state index in [0.717, 1.165) is 31.5 Å². The third kappa shape index (κ3) is 4.94. The van der Waals surface area contributed by atoms with Gasteiger partial charge in [-0.1, -0.05) is 67.1 Å². The summed E-state index contributed by atoms with van der Waals surface area (Å²) in [5, 5.41) is 3.17. The number of nitrogens with one attached hydrogen (secondary N) is 1. The molecule has 0 saturated carbocycles. The highest BCUT2D eigenvalue weighted by atomic mass is 16.1. The van der Waals surface area contributed by atoms with E-state index in [1.807, 2.05) is 6.07 Å². The predicted molar refractivity (Wildman–Crippen MR) is 132 cm³/mol. The first-order chi connectivity index (χ1) is 15.7. The van der Waals surface area contributed by atoms with Crippen LogP contribution in [0.25, 0.3) is 11.1 Å². The molecule has 5 rings (SSSR count). The van der Waals surface area contributed by atoms with Crippen LogP contribution in [0.5, 0.6) is 0 Å². The molecule has 1 atom stereocenters. The van der Waals surface area contributed by atoms with Gasteiger partial charge in [-0.3, -0.25) is 9.69 Å². The van der Waals surface area contributed by atoms with Gasteiger partial charge in [0, 0.05) is 18.2 Å². The van der Waals surface area contributed by atoms with Gasteiger partial charge in [0.05, 0.1) is 0 Å². The Labute approximate surface area is 191 Å². The van der Waals surface area contributed by atoms with Gasteiger partial charge in [0.1, 0.15) is 0 Å². The summed E-state index contributed by atoms with van der Waals surface area (Å²) in [6.07, 6.45) is 6.68. The molecule has 0 bridgehead atoms. The van der Waals surface area contributed by atoms with Crippen LogP contribution < -0.4 is 5.32 Å². The maximum atomic E-state index is 13.0. The molecule has 32 heavy (non-hydrogen) atoms. The number of rotatable bonds is 5. The molecule has 1 amide bonds. The minimum absolute atomic E-state index is 0.0292. The minimum Gasteiger partial charge on any atom is -0.326 e. The van der Waals surface area contributed by atoms with Gasteiger partial charge >= 0.3 is 0 Å². The van der Waals surface area contributed by atoms with Crippen LogP contribution in [0.15, 0.2) is 72.8 Å². The van der Waals surface area contributed by atoms with Crippen molar-refractivity contribution in [3.8, 4) is 11.1 Å². The molecule has 1 N–H and O–H groups in total. The Morgan fingerprint density at radius 1 is 0.844 bits per heavy atom. The summed E-state index contributed by atoms with van der Waals surface area (Å²) >= 11 is 0. The summed E-state index contributed by atoms with van der Waals surface area (Å²) in [7, 11) is 0. The lowest BCUT2D eigenvalue weighted by Crippen LogP contribution is -2.29. The second-order valence-electron chi connectivity index (χ2n) is 9.31. The monoisotopic (exact) mass is 424 g/mol. The molecule has 1 saturated heterocycles. The first kappa shape index (κ1) is 21.0. The molecule has 2 aliphatic rings. The van der Waals surface area contributed by atoms with Crippen molar-refractivity contribution in [3.63, 3.8) is 0 Å². The number of benzene rings is 3. The summed E-state index contributed by atoms with van der Waals surface area (Å²) < 4.78 is 0. The standard InChI is InChI=1S/C29H32N2O/c32-29(30-28-15-9-22(10-16-28)21-31-17-5-2-6-18-31)26-14-12-24-11-13-25(19-27(24)20-26)23-7-3-1-4-8-23/h1,3-4,7-11,13,15-16,19,26H,2,5-6,12,14,17-18,20-21H2,(H,30,32). The fourth-order valence-corrected chi connectivity index (χ4v) is 5.10. The summed E-state index contributed by atoms with van der Waals surface area (Å²) in [5.41, 5.74) is 7.39. The molecular formula is C29H32N2O. The minimum atomic E-state index is 0.0292. The van der Waals surface area contributed by atoms with Crippen LogP contribution in [0.3, 0.4) is 0 Å². The van der Waals surface area contributed by atoms with Crippen molar-refractivity contribution in [2.45, 2.75) is 45.1 Å². The predicted octanol–water partition coefficient (Wildman–Crippen LogP) is 6.08. The van der Waals surface area contributed by atoms with Crippen LogP contribution in [0.2, 0.25) is 0 Å². The van der Waals surface area contributed by atoms with Crippen LogP contribution in [0, 0.1) is 5.92 Å². The summed E-state index contributed by atoms with van der Waals surface area (Å²) in [4.78, 5) is 15.5. The molecule has 1 heterocycles. The van der Waals surface area contributed by atoms with Gasteiger partial charge < -0.3 is 5.32 Å². The van der Waals surface area contributed by atoms with E-state index in [0.29, 0.717) is 0 Å². The van der Waals surface area contributed by atoms with Crippen molar-refractivity contribution < 1.29 is 4.79 Å². The number of fused-ring (bicyclic) bond motifs is 1. The molecule has 3 nitrogen and oxygen atoms in total. The van der Waals surface area contributed by atoms with Crippen LogP contribution in [-0.2, 0) is 24.2 Å². The number of amides is 1. The highest BCUT2D eigenvalue weighted by Crippen LogP contribution is 2.30. The lowest BCUT2D eigenvalue weighted by atomic mass is 9.82. The Morgan fingerprint density at radius 2 is 1.62 bits per heavy atom. The maximum absolute atomic E-state index is 13.0. The van der Waals surface area contributed by atoms with Crippen molar-refractivity contribution in [2.75, 3.05) is 18.4 Å².